The highest BCUT2D eigenvalue weighted by Gasteiger charge is 2.39. The second-order valence-corrected chi connectivity index (χ2v) is 7.08. The number of nitrogens with one attached hydrogen (secondary N) is 2. The van der Waals surface area contributed by atoms with Crippen molar-refractivity contribution in [3.05, 3.63) is 30.3 Å². The monoisotopic (exact) mass is 350 g/mol. The molecule has 1 atom stereocenters. The van der Waals surface area contributed by atoms with E-state index in [0.29, 0.717) is 24.1 Å². The maximum atomic E-state index is 12.5. The van der Waals surface area contributed by atoms with Gasteiger partial charge in [-0.15, -0.1) is 11.8 Å². The first-order chi connectivity index (χ1) is 11.1. The summed E-state index contributed by atoms with van der Waals surface area (Å²) in [4.78, 5) is 28.1. The zero-order chi connectivity index (χ0) is 16.2. The molecule has 8 heteroatoms. The number of benzene rings is 1. The first-order valence-corrected chi connectivity index (χ1v) is 8.88. The Bertz CT molecular complexity index is 601. The molecule has 1 unspecified atom stereocenters. The highest BCUT2D eigenvalue weighted by molar-refractivity contribution is 8.00. The van der Waals surface area contributed by atoms with E-state index in [4.69, 9.17) is 12.2 Å². The van der Waals surface area contributed by atoms with Crippen molar-refractivity contribution in [2.75, 3.05) is 30.5 Å². The summed E-state index contributed by atoms with van der Waals surface area (Å²) in [5.74, 6) is 0.565. The Morgan fingerprint density at radius 2 is 1.87 bits per heavy atom. The predicted molar refractivity (Wildman–Crippen MR) is 95.1 cm³/mol. The molecule has 0 spiro atoms. The SMILES string of the molecule is O=C1CC(SCCN2CNC(=S)NC2)C(=O)N1c1ccccc1. The predicted octanol–water partition coefficient (Wildman–Crippen LogP) is 0.746. The van der Waals surface area contributed by atoms with Crippen LogP contribution in [0.15, 0.2) is 30.3 Å². The van der Waals surface area contributed by atoms with Gasteiger partial charge in [-0.05, 0) is 24.4 Å². The second-order valence-electron chi connectivity index (χ2n) is 5.36. The fourth-order valence-electron chi connectivity index (χ4n) is 2.55. The topological polar surface area (TPSA) is 64.7 Å². The van der Waals surface area contributed by atoms with Gasteiger partial charge in [0, 0.05) is 18.7 Å². The van der Waals surface area contributed by atoms with Crippen LogP contribution in [0.25, 0.3) is 0 Å². The Morgan fingerprint density at radius 3 is 2.57 bits per heavy atom. The summed E-state index contributed by atoms with van der Waals surface area (Å²) in [6, 6.07) is 9.11. The van der Waals surface area contributed by atoms with Gasteiger partial charge in [0.25, 0.3) is 0 Å². The molecule has 122 valence electrons. The van der Waals surface area contributed by atoms with Crippen molar-refractivity contribution in [2.45, 2.75) is 11.7 Å². The lowest BCUT2D eigenvalue weighted by Gasteiger charge is -2.29. The molecule has 2 N–H and O–H groups in total. The van der Waals surface area contributed by atoms with Crippen molar-refractivity contribution < 1.29 is 9.59 Å². The summed E-state index contributed by atoms with van der Waals surface area (Å²) in [7, 11) is 0. The summed E-state index contributed by atoms with van der Waals surface area (Å²) < 4.78 is 0. The lowest BCUT2D eigenvalue weighted by molar-refractivity contribution is -0.121. The molecule has 0 aliphatic carbocycles. The van der Waals surface area contributed by atoms with Crippen molar-refractivity contribution in [1.82, 2.24) is 15.5 Å². The van der Waals surface area contributed by atoms with Crippen molar-refractivity contribution in [3.63, 3.8) is 0 Å². The number of carbonyl (C=O) groups is 2. The first-order valence-electron chi connectivity index (χ1n) is 7.42. The smallest absolute Gasteiger partial charge is 0.247 e. The number of amides is 2. The fraction of sp³-hybridized carbons (Fsp3) is 0.400. The average molecular weight is 350 g/mol. The Labute approximate surface area is 144 Å². The molecule has 6 nitrogen and oxygen atoms in total. The van der Waals surface area contributed by atoms with Gasteiger partial charge in [-0.2, -0.15) is 0 Å². The van der Waals surface area contributed by atoms with E-state index in [1.165, 1.54) is 4.90 Å². The highest BCUT2D eigenvalue weighted by atomic mass is 32.2. The number of imide groups is 1. The van der Waals surface area contributed by atoms with Crippen LogP contribution in [0.5, 0.6) is 0 Å². The van der Waals surface area contributed by atoms with Crippen molar-refractivity contribution >= 4 is 46.6 Å². The van der Waals surface area contributed by atoms with Crippen LogP contribution < -0.4 is 15.5 Å². The minimum Gasteiger partial charge on any atom is -0.350 e. The Morgan fingerprint density at radius 1 is 1.17 bits per heavy atom. The van der Waals surface area contributed by atoms with Crippen molar-refractivity contribution in [3.8, 4) is 0 Å². The molecule has 0 aromatic heterocycles. The molecule has 0 saturated carbocycles. The van der Waals surface area contributed by atoms with Crippen LogP contribution in [0.4, 0.5) is 5.69 Å². The van der Waals surface area contributed by atoms with Crippen LogP contribution in [-0.4, -0.2) is 52.7 Å². The molecule has 2 heterocycles. The van der Waals surface area contributed by atoms with Crippen LogP contribution in [0.1, 0.15) is 6.42 Å². The van der Waals surface area contributed by atoms with E-state index in [2.05, 4.69) is 15.5 Å². The third kappa shape index (κ3) is 3.82. The van der Waals surface area contributed by atoms with E-state index in [-0.39, 0.29) is 23.5 Å². The van der Waals surface area contributed by atoms with E-state index < -0.39 is 0 Å². The normalized spacial score (nSPS) is 22.2. The summed E-state index contributed by atoms with van der Waals surface area (Å²) in [5, 5.41) is 6.51. The zero-order valence-corrected chi connectivity index (χ0v) is 14.2. The maximum Gasteiger partial charge on any atom is 0.247 e. The Balaban J connectivity index is 1.51. The molecule has 2 fully saturated rings. The van der Waals surface area contributed by atoms with Crippen molar-refractivity contribution in [1.29, 1.82) is 0 Å². The fourth-order valence-corrected chi connectivity index (χ4v) is 3.84. The molecule has 2 aliphatic rings. The van der Waals surface area contributed by atoms with Gasteiger partial charge < -0.3 is 10.6 Å². The second kappa shape index (κ2) is 7.29. The Hall–Kier alpha value is -1.64. The molecule has 2 aliphatic heterocycles. The van der Waals surface area contributed by atoms with E-state index in [0.717, 1.165) is 12.3 Å². The number of rotatable bonds is 5. The van der Waals surface area contributed by atoms with Gasteiger partial charge in [0.05, 0.1) is 24.3 Å². The molecule has 2 amide bonds. The number of para-hydroxylation sites is 1. The molecule has 3 rings (SSSR count). The number of anilines is 1. The number of thioether (sulfide) groups is 1. The van der Waals surface area contributed by atoms with E-state index in [1.54, 1.807) is 23.9 Å². The molecule has 0 radical (unpaired) electrons. The third-order valence-corrected chi connectivity index (χ3v) is 5.25. The maximum absolute atomic E-state index is 12.5. The van der Waals surface area contributed by atoms with Gasteiger partial charge >= 0.3 is 0 Å². The lowest BCUT2D eigenvalue weighted by atomic mass is 10.3. The van der Waals surface area contributed by atoms with E-state index in [1.807, 2.05) is 18.2 Å². The first kappa shape index (κ1) is 16.2. The number of hydrogen-bond donors (Lipinski definition) is 2. The molecule has 2 saturated heterocycles. The van der Waals surface area contributed by atoms with Crippen LogP contribution in [0.3, 0.4) is 0 Å². The Kier molecular flexibility index (Phi) is 5.14. The number of nitrogens with zero attached hydrogens (tertiary/aromatic N) is 2. The summed E-state index contributed by atoms with van der Waals surface area (Å²) in [6.45, 7) is 2.25. The van der Waals surface area contributed by atoms with E-state index in [9.17, 15) is 9.59 Å². The van der Waals surface area contributed by atoms with Crippen LogP contribution in [0.2, 0.25) is 0 Å². The molecular weight excluding hydrogens is 332 g/mol. The van der Waals surface area contributed by atoms with Gasteiger partial charge in [0.1, 0.15) is 0 Å². The van der Waals surface area contributed by atoms with Gasteiger partial charge in [-0.1, -0.05) is 18.2 Å². The number of hydrogen-bond acceptors (Lipinski definition) is 5. The third-order valence-electron chi connectivity index (χ3n) is 3.77. The standard InChI is InChI=1S/C15H18N4O2S2/c20-13-8-12(14(21)19(13)11-4-2-1-3-5-11)23-7-6-18-9-16-15(22)17-10-18/h1-5,12H,6-10H2,(H2,16,17,22). The average Bonchev–Trinajstić information content (AvgIpc) is 2.84. The quantitative estimate of drug-likeness (QED) is 0.600. The summed E-state index contributed by atoms with van der Waals surface area (Å²) >= 11 is 6.55. The van der Waals surface area contributed by atoms with Crippen LogP contribution in [0, 0.1) is 0 Å². The molecular formula is C15H18N4O2S2. The van der Waals surface area contributed by atoms with Gasteiger partial charge in [-0.25, -0.2) is 4.90 Å². The molecule has 1 aromatic rings. The highest BCUT2D eigenvalue weighted by Crippen LogP contribution is 2.29. The van der Waals surface area contributed by atoms with Crippen LogP contribution in [-0.2, 0) is 9.59 Å². The van der Waals surface area contributed by atoms with Gasteiger partial charge in [-0.3, -0.25) is 14.5 Å². The largest absolute Gasteiger partial charge is 0.350 e. The van der Waals surface area contributed by atoms with Gasteiger partial charge in [0.15, 0.2) is 5.11 Å². The van der Waals surface area contributed by atoms with E-state index >= 15 is 0 Å². The van der Waals surface area contributed by atoms with Crippen molar-refractivity contribution in [2.24, 2.45) is 0 Å². The molecule has 1 aromatic carbocycles. The summed E-state index contributed by atoms with van der Waals surface area (Å²) in [5.41, 5.74) is 0.656. The minimum atomic E-state index is -0.283. The van der Waals surface area contributed by atoms with Gasteiger partial charge in [0.2, 0.25) is 11.8 Å². The molecule has 0 bridgehead atoms. The minimum absolute atomic E-state index is 0.109. The summed E-state index contributed by atoms with van der Waals surface area (Å²) in [6.07, 6.45) is 0.277. The number of carbonyl (C=O) groups excluding carboxylic acids is 2. The molecule has 23 heavy (non-hydrogen) atoms. The number of thiocarbonyl (C=S) groups is 1. The lowest BCUT2D eigenvalue weighted by Crippen LogP contribution is -2.54. The zero-order valence-electron chi connectivity index (χ0n) is 12.5. The van der Waals surface area contributed by atoms with Crippen LogP contribution >= 0.6 is 24.0 Å².